The molecule has 0 amide bonds. The Morgan fingerprint density at radius 2 is 2.14 bits per heavy atom. The van der Waals surface area contributed by atoms with Crippen LogP contribution in [0.1, 0.15) is 30.7 Å². The quantitative estimate of drug-likeness (QED) is 0.737. The second-order valence-electron chi connectivity index (χ2n) is 7.40. The molecular formula is C19H25ClN6O2S. The van der Waals surface area contributed by atoms with Gasteiger partial charge in [-0.2, -0.15) is 0 Å². The van der Waals surface area contributed by atoms with Crippen LogP contribution in [-0.2, 0) is 14.5 Å². The Balaban J connectivity index is 1.87. The Labute approximate surface area is 176 Å². The lowest BCUT2D eigenvalue weighted by Crippen LogP contribution is -2.44. The number of hydrogen-bond donors (Lipinski definition) is 1. The first-order chi connectivity index (χ1) is 13.9. The first-order valence-corrected chi connectivity index (χ1v) is 11.8. The normalized spacial score (nSPS) is 27.2. The molecule has 2 aliphatic heterocycles. The molecule has 2 aromatic rings. The van der Waals surface area contributed by atoms with Crippen molar-refractivity contribution in [2.75, 3.05) is 43.2 Å². The number of halogens is 1. The van der Waals surface area contributed by atoms with Crippen LogP contribution in [0.5, 0.6) is 0 Å². The summed E-state index contributed by atoms with van der Waals surface area (Å²) < 4.78 is 23.1. The van der Waals surface area contributed by atoms with Gasteiger partial charge < -0.3 is 15.4 Å². The first kappa shape index (κ1) is 20.3. The number of anilines is 2. The maximum Gasteiger partial charge on any atom is 0.162 e. The molecule has 29 heavy (non-hydrogen) atoms. The van der Waals surface area contributed by atoms with E-state index in [1.165, 1.54) is 0 Å². The Morgan fingerprint density at radius 1 is 1.31 bits per heavy atom. The van der Waals surface area contributed by atoms with E-state index in [1.54, 1.807) is 19.2 Å². The predicted octanol–water partition coefficient (Wildman–Crippen LogP) is 2.93. The third-order valence-electron chi connectivity index (χ3n) is 5.45. The van der Waals surface area contributed by atoms with E-state index < -0.39 is 9.73 Å². The van der Waals surface area contributed by atoms with Crippen LogP contribution in [0.2, 0.25) is 5.15 Å². The minimum Gasteiger partial charge on any atom is -0.384 e. The SMILES string of the molecule is CN=S1(=O)CCCC1c1cc(N2CCOC[C@H]2C)nc(-c2cc(N)nc(Cl)c2)n1. The number of rotatable bonds is 3. The van der Waals surface area contributed by atoms with Crippen molar-refractivity contribution in [3.63, 3.8) is 0 Å². The molecule has 4 rings (SSSR count). The van der Waals surface area contributed by atoms with Gasteiger partial charge in [0.05, 0.1) is 39.9 Å². The predicted molar refractivity (Wildman–Crippen MR) is 116 cm³/mol. The molecule has 156 valence electrons. The summed E-state index contributed by atoms with van der Waals surface area (Å²) in [5.41, 5.74) is 7.32. The van der Waals surface area contributed by atoms with Crippen LogP contribution in [0.4, 0.5) is 11.6 Å². The van der Waals surface area contributed by atoms with Crippen LogP contribution in [0.3, 0.4) is 0 Å². The Bertz CT molecular complexity index is 1020. The van der Waals surface area contributed by atoms with Crippen LogP contribution in [-0.4, -0.2) is 57.8 Å². The lowest BCUT2D eigenvalue weighted by atomic mass is 10.1. The summed E-state index contributed by atoms with van der Waals surface area (Å²) in [5, 5.41) is 0.0718. The molecule has 0 radical (unpaired) electrons. The zero-order chi connectivity index (χ0) is 20.6. The number of nitrogens with two attached hydrogens (primary N) is 1. The number of morpholine rings is 1. The molecular weight excluding hydrogens is 412 g/mol. The van der Waals surface area contributed by atoms with Crippen molar-refractivity contribution in [1.82, 2.24) is 15.0 Å². The highest BCUT2D eigenvalue weighted by Crippen LogP contribution is 2.37. The van der Waals surface area contributed by atoms with Crippen LogP contribution in [0.25, 0.3) is 11.4 Å². The molecule has 0 aromatic carbocycles. The lowest BCUT2D eigenvalue weighted by molar-refractivity contribution is 0.0985. The van der Waals surface area contributed by atoms with Crippen molar-refractivity contribution < 1.29 is 8.95 Å². The molecule has 8 nitrogen and oxygen atoms in total. The largest absolute Gasteiger partial charge is 0.384 e. The van der Waals surface area contributed by atoms with E-state index in [4.69, 9.17) is 32.0 Å². The number of aromatic nitrogens is 3. The average Bonchev–Trinajstić information content (AvgIpc) is 3.09. The fraction of sp³-hybridized carbons (Fsp3) is 0.526. The molecule has 2 aliphatic rings. The van der Waals surface area contributed by atoms with E-state index in [2.05, 4.69) is 21.2 Å². The standard InChI is InChI=1S/C19H25ClN6O2S/c1-12-11-28-6-5-26(12)18-10-14(15-4-3-7-29(15,27)22-2)23-19(25-18)13-8-16(20)24-17(21)9-13/h8-10,12,15H,3-7,11H2,1-2H3,(H2,21,24)/t12-,15?,29?/m1/s1. The third-order valence-corrected chi connectivity index (χ3v) is 8.50. The van der Waals surface area contributed by atoms with E-state index >= 15 is 0 Å². The van der Waals surface area contributed by atoms with Gasteiger partial charge in [-0.25, -0.2) is 23.5 Å². The average molecular weight is 437 g/mol. The minimum atomic E-state index is -2.33. The molecule has 2 unspecified atom stereocenters. The number of nitrogen functional groups attached to an aromatic ring is 1. The van der Waals surface area contributed by atoms with Gasteiger partial charge in [-0.15, -0.1) is 0 Å². The second kappa shape index (κ2) is 8.04. The van der Waals surface area contributed by atoms with Gasteiger partial charge in [-0.05, 0) is 31.9 Å². The van der Waals surface area contributed by atoms with Gasteiger partial charge in [0.25, 0.3) is 0 Å². The molecule has 0 saturated carbocycles. The molecule has 2 N–H and O–H groups in total. The summed E-state index contributed by atoms with van der Waals surface area (Å²) >= 11 is 6.11. The van der Waals surface area contributed by atoms with E-state index in [0.717, 1.165) is 30.9 Å². The van der Waals surface area contributed by atoms with Gasteiger partial charge in [0, 0.05) is 31.0 Å². The zero-order valence-electron chi connectivity index (χ0n) is 16.5. The highest BCUT2D eigenvalue weighted by Gasteiger charge is 2.33. The number of ether oxygens (including phenoxy) is 1. The fourth-order valence-corrected chi connectivity index (χ4v) is 6.51. The molecule has 2 aromatic heterocycles. The fourth-order valence-electron chi connectivity index (χ4n) is 3.96. The molecule has 4 heterocycles. The van der Waals surface area contributed by atoms with Crippen molar-refractivity contribution >= 4 is 33.0 Å². The molecule has 0 spiro atoms. The van der Waals surface area contributed by atoms with Gasteiger partial charge in [-0.1, -0.05) is 11.6 Å². The van der Waals surface area contributed by atoms with Crippen LogP contribution in [0, 0.1) is 0 Å². The number of nitrogens with zero attached hydrogens (tertiary/aromatic N) is 5. The topological polar surface area (TPSA) is 107 Å². The monoisotopic (exact) mass is 436 g/mol. The summed E-state index contributed by atoms with van der Waals surface area (Å²) in [5.74, 6) is 2.19. The second-order valence-corrected chi connectivity index (χ2v) is 10.5. The highest BCUT2D eigenvalue weighted by atomic mass is 35.5. The molecule has 10 heteroatoms. The van der Waals surface area contributed by atoms with Gasteiger partial charge in [0.15, 0.2) is 5.82 Å². The molecule has 2 fully saturated rings. The molecule has 2 saturated heterocycles. The van der Waals surface area contributed by atoms with Crippen molar-refractivity contribution in [2.45, 2.75) is 31.1 Å². The lowest BCUT2D eigenvalue weighted by Gasteiger charge is -2.34. The van der Waals surface area contributed by atoms with Crippen LogP contribution in [0.15, 0.2) is 22.6 Å². The number of pyridine rings is 1. The summed E-state index contributed by atoms with van der Waals surface area (Å²) in [6.07, 6.45) is 1.67. The van der Waals surface area contributed by atoms with Crippen molar-refractivity contribution in [2.24, 2.45) is 4.36 Å². The van der Waals surface area contributed by atoms with E-state index in [-0.39, 0.29) is 16.4 Å². The molecule has 0 bridgehead atoms. The van der Waals surface area contributed by atoms with Gasteiger partial charge in [0.2, 0.25) is 0 Å². The van der Waals surface area contributed by atoms with Crippen LogP contribution >= 0.6 is 11.6 Å². The summed E-state index contributed by atoms with van der Waals surface area (Å²) in [7, 11) is -0.697. The molecule has 3 atom stereocenters. The van der Waals surface area contributed by atoms with Gasteiger partial charge in [-0.3, -0.25) is 0 Å². The summed E-state index contributed by atoms with van der Waals surface area (Å²) in [6.45, 7) is 4.10. The van der Waals surface area contributed by atoms with Crippen molar-refractivity contribution in [1.29, 1.82) is 0 Å². The van der Waals surface area contributed by atoms with Crippen molar-refractivity contribution in [3.8, 4) is 11.4 Å². The van der Waals surface area contributed by atoms with E-state index in [9.17, 15) is 4.21 Å². The van der Waals surface area contributed by atoms with Crippen molar-refractivity contribution in [3.05, 3.63) is 29.0 Å². The van der Waals surface area contributed by atoms with E-state index in [0.29, 0.717) is 36.2 Å². The first-order valence-electron chi connectivity index (χ1n) is 9.68. The highest BCUT2D eigenvalue weighted by molar-refractivity contribution is 7.94. The minimum absolute atomic E-state index is 0.175. The summed E-state index contributed by atoms with van der Waals surface area (Å²) in [6, 6.07) is 5.53. The maximum atomic E-state index is 13.3. The maximum absolute atomic E-state index is 13.3. The molecule has 0 aliphatic carbocycles. The van der Waals surface area contributed by atoms with E-state index in [1.807, 2.05) is 6.07 Å². The number of hydrogen-bond acceptors (Lipinski definition) is 8. The van der Waals surface area contributed by atoms with Crippen LogP contribution < -0.4 is 10.6 Å². The van der Waals surface area contributed by atoms with Gasteiger partial charge >= 0.3 is 0 Å². The Morgan fingerprint density at radius 3 is 2.86 bits per heavy atom. The zero-order valence-corrected chi connectivity index (χ0v) is 18.1. The third kappa shape index (κ3) is 4.04. The van der Waals surface area contributed by atoms with Gasteiger partial charge in [0.1, 0.15) is 16.8 Å². The smallest absolute Gasteiger partial charge is 0.162 e. The Hall–Kier alpha value is -1.97. The summed E-state index contributed by atoms with van der Waals surface area (Å²) in [4.78, 5) is 15.8. The Kier molecular flexibility index (Phi) is 5.63.